The average molecular weight is 353 g/mol. The van der Waals surface area contributed by atoms with Gasteiger partial charge in [-0.3, -0.25) is 0 Å². The first-order valence-corrected chi connectivity index (χ1v) is 8.39. The van der Waals surface area contributed by atoms with E-state index in [0.29, 0.717) is 15.9 Å². The molecule has 8 heteroatoms. The molecular weight excluding hydrogens is 347 g/mol. The highest BCUT2D eigenvalue weighted by molar-refractivity contribution is 7.23. The first-order chi connectivity index (χ1) is 10.2. The SMILES string of the molecule is Clc1ccc(-c2nnc3sc(-c4cccs4)nn23)c(Cl)c1. The van der Waals surface area contributed by atoms with Crippen molar-refractivity contribution < 1.29 is 0 Å². The number of rotatable bonds is 2. The largest absolute Gasteiger partial charge is 0.235 e. The minimum Gasteiger partial charge on any atom is -0.182 e. The van der Waals surface area contributed by atoms with Crippen LogP contribution in [0.5, 0.6) is 0 Å². The standard InChI is InChI=1S/C13H6Cl2N4S2/c14-7-3-4-8(9(15)6-7)11-16-17-13-19(11)18-12(21-13)10-2-1-5-20-10/h1-6H. The van der Waals surface area contributed by atoms with Crippen LogP contribution in [0.4, 0.5) is 0 Å². The molecule has 0 aliphatic rings. The second kappa shape index (κ2) is 5.06. The molecule has 4 aromatic rings. The van der Waals surface area contributed by atoms with Gasteiger partial charge in [0.1, 0.15) is 0 Å². The molecule has 0 aliphatic carbocycles. The zero-order chi connectivity index (χ0) is 14.4. The van der Waals surface area contributed by atoms with Crippen LogP contribution in [0.3, 0.4) is 0 Å². The minimum atomic E-state index is 0.530. The molecule has 4 rings (SSSR count). The molecule has 0 unspecified atom stereocenters. The van der Waals surface area contributed by atoms with E-state index in [1.165, 1.54) is 11.3 Å². The summed E-state index contributed by atoms with van der Waals surface area (Å²) in [6.45, 7) is 0. The Labute approximate surface area is 137 Å². The summed E-state index contributed by atoms with van der Waals surface area (Å²) in [5, 5.41) is 17.0. The quantitative estimate of drug-likeness (QED) is 0.515. The zero-order valence-corrected chi connectivity index (χ0v) is 13.5. The Bertz CT molecular complexity index is 927. The Morgan fingerprint density at radius 1 is 1.10 bits per heavy atom. The van der Waals surface area contributed by atoms with Crippen LogP contribution >= 0.6 is 45.9 Å². The third-order valence-corrected chi connectivity index (χ3v) is 5.38. The van der Waals surface area contributed by atoms with Crippen molar-refractivity contribution in [3.05, 3.63) is 45.8 Å². The lowest BCUT2D eigenvalue weighted by molar-refractivity contribution is 0.972. The predicted octanol–water partition coefficient (Wildman–Crippen LogP) is 4.89. The van der Waals surface area contributed by atoms with Crippen molar-refractivity contribution in [2.45, 2.75) is 0 Å². The van der Waals surface area contributed by atoms with Crippen LogP contribution in [0.25, 0.3) is 26.2 Å². The first kappa shape index (κ1) is 13.2. The molecule has 0 atom stereocenters. The van der Waals surface area contributed by atoms with Crippen molar-refractivity contribution in [2.75, 3.05) is 0 Å². The number of benzene rings is 1. The number of hydrogen-bond donors (Lipinski definition) is 0. The lowest BCUT2D eigenvalue weighted by Crippen LogP contribution is -1.91. The summed E-state index contributed by atoms with van der Waals surface area (Å²) in [6, 6.07) is 9.32. The molecule has 21 heavy (non-hydrogen) atoms. The summed E-state index contributed by atoms with van der Waals surface area (Å²) in [5.41, 5.74) is 0.761. The van der Waals surface area contributed by atoms with E-state index in [1.54, 1.807) is 28.0 Å². The maximum Gasteiger partial charge on any atom is 0.235 e. The van der Waals surface area contributed by atoms with Gasteiger partial charge in [0.15, 0.2) is 10.8 Å². The molecule has 3 heterocycles. The van der Waals surface area contributed by atoms with E-state index < -0.39 is 0 Å². The van der Waals surface area contributed by atoms with Gasteiger partial charge in [-0.05, 0) is 29.6 Å². The summed E-state index contributed by atoms with van der Waals surface area (Å²) < 4.78 is 1.72. The molecule has 0 N–H and O–H groups in total. The van der Waals surface area contributed by atoms with Crippen molar-refractivity contribution in [1.82, 2.24) is 19.8 Å². The third kappa shape index (κ3) is 2.24. The predicted molar refractivity (Wildman–Crippen MR) is 87.4 cm³/mol. The second-order valence-electron chi connectivity index (χ2n) is 4.23. The van der Waals surface area contributed by atoms with E-state index in [-0.39, 0.29) is 0 Å². The third-order valence-electron chi connectivity index (χ3n) is 2.89. The van der Waals surface area contributed by atoms with Crippen LogP contribution in [0.15, 0.2) is 35.7 Å². The van der Waals surface area contributed by atoms with Gasteiger partial charge in [0.25, 0.3) is 0 Å². The minimum absolute atomic E-state index is 0.530. The summed E-state index contributed by atoms with van der Waals surface area (Å²) >= 11 is 15.3. The van der Waals surface area contributed by atoms with Gasteiger partial charge in [0.2, 0.25) is 4.96 Å². The maximum atomic E-state index is 6.24. The van der Waals surface area contributed by atoms with Gasteiger partial charge >= 0.3 is 0 Å². The normalized spacial score (nSPS) is 11.3. The molecule has 4 nitrogen and oxygen atoms in total. The molecule has 0 spiro atoms. The summed E-state index contributed by atoms with van der Waals surface area (Å²) in [4.78, 5) is 1.85. The van der Waals surface area contributed by atoms with Gasteiger partial charge in [-0.25, -0.2) is 0 Å². The van der Waals surface area contributed by atoms with Crippen LogP contribution < -0.4 is 0 Å². The van der Waals surface area contributed by atoms with Gasteiger partial charge < -0.3 is 0 Å². The van der Waals surface area contributed by atoms with E-state index in [1.807, 2.05) is 23.6 Å². The molecule has 104 valence electrons. The fraction of sp³-hybridized carbons (Fsp3) is 0. The van der Waals surface area contributed by atoms with E-state index in [4.69, 9.17) is 23.2 Å². The van der Waals surface area contributed by atoms with Crippen molar-refractivity contribution in [3.8, 4) is 21.3 Å². The Hall–Kier alpha value is -1.47. The van der Waals surface area contributed by atoms with Crippen LogP contribution in [0, 0.1) is 0 Å². The van der Waals surface area contributed by atoms with Gasteiger partial charge in [-0.15, -0.1) is 21.5 Å². The number of nitrogens with zero attached hydrogens (tertiary/aromatic N) is 4. The highest BCUT2D eigenvalue weighted by Gasteiger charge is 2.16. The number of aromatic nitrogens is 4. The molecule has 3 aromatic heterocycles. The molecule has 0 saturated carbocycles. The number of fused-ring (bicyclic) bond motifs is 1. The molecule has 0 amide bonds. The molecule has 0 saturated heterocycles. The van der Waals surface area contributed by atoms with Crippen molar-refractivity contribution in [1.29, 1.82) is 0 Å². The molecule has 0 radical (unpaired) electrons. The number of thiophene rings is 1. The number of hydrogen-bond acceptors (Lipinski definition) is 5. The van der Waals surface area contributed by atoms with Crippen LogP contribution in [-0.4, -0.2) is 19.8 Å². The topological polar surface area (TPSA) is 43.1 Å². The molecule has 0 aliphatic heterocycles. The van der Waals surface area contributed by atoms with Gasteiger partial charge in [-0.2, -0.15) is 9.61 Å². The monoisotopic (exact) mass is 352 g/mol. The van der Waals surface area contributed by atoms with E-state index in [9.17, 15) is 0 Å². The Balaban J connectivity index is 1.89. The lowest BCUT2D eigenvalue weighted by atomic mass is 10.2. The Morgan fingerprint density at radius 3 is 2.76 bits per heavy atom. The van der Waals surface area contributed by atoms with Gasteiger partial charge in [-0.1, -0.05) is 40.6 Å². The average Bonchev–Trinajstić information content (AvgIpc) is 3.14. The van der Waals surface area contributed by atoms with E-state index in [2.05, 4.69) is 15.3 Å². The van der Waals surface area contributed by atoms with Crippen molar-refractivity contribution in [3.63, 3.8) is 0 Å². The number of halogens is 2. The molecule has 0 bridgehead atoms. The van der Waals surface area contributed by atoms with Crippen LogP contribution in [0.1, 0.15) is 0 Å². The maximum absolute atomic E-state index is 6.24. The smallest absolute Gasteiger partial charge is 0.182 e. The van der Waals surface area contributed by atoms with Gasteiger partial charge in [0, 0.05) is 10.6 Å². The molecule has 1 aromatic carbocycles. The van der Waals surface area contributed by atoms with E-state index in [0.717, 1.165) is 20.4 Å². The van der Waals surface area contributed by atoms with Crippen molar-refractivity contribution >= 4 is 50.8 Å². The second-order valence-corrected chi connectivity index (χ2v) is 6.97. The highest BCUT2D eigenvalue weighted by atomic mass is 35.5. The van der Waals surface area contributed by atoms with Crippen molar-refractivity contribution in [2.24, 2.45) is 0 Å². The molecule has 0 fully saturated rings. The zero-order valence-electron chi connectivity index (χ0n) is 10.3. The fourth-order valence-electron chi connectivity index (χ4n) is 1.96. The van der Waals surface area contributed by atoms with Crippen LogP contribution in [0.2, 0.25) is 10.0 Å². The summed E-state index contributed by atoms with van der Waals surface area (Å²) in [6.07, 6.45) is 0. The van der Waals surface area contributed by atoms with Gasteiger partial charge in [0.05, 0.1) is 9.90 Å². The first-order valence-electron chi connectivity index (χ1n) is 5.94. The Kier molecular flexibility index (Phi) is 3.19. The Morgan fingerprint density at radius 2 is 2.00 bits per heavy atom. The lowest BCUT2D eigenvalue weighted by Gasteiger charge is -2.00. The highest BCUT2D eigenvalue weighted by Crippen LogP contribution is 2.33. The molecular formula is C13H6Cl2N4S2. The fourth-order valence-corrected chi connectivity index (χ4v) is 4.08. The summed E-state index contributed by atoms with van der Waals surface area (Å²) in [7, 11) is 0. The van der Waals surface area contributed by atoms with Crippen LogP contribution in [-0.2, 0) is 0 Å². The summed E-state index contributed by atoms with van der Waals surface area (Å²) in [5.74, 6) is 0.616. The van der Waals surface area contributed by atoms with E-state index >= 15 is 0 Å².